The van der Waals surface area contributed by atoms with Crippen LogP contribution < -0.4 is 4.90 Å². The number of carbonyl (C=O) groups excluding carboxylic acids is 3. The summed E-state index contributed by atoms with van der Waals surface area (Å²) in [6, 6.07) is 10.6. The van der Waals surface area contributed by atoms with Gasteiger partial charge in [-0.05, 0) is 29.8 Å². The molecular weight excluding hydrogens is 480 g/mol. The molecule has 2 aliphatic heterocycles. The van der Waals surface area contributed by atoms with E-state index in [0.717, 1.165) is 17.0 Å². The topological polar surface area (TPSA) is 150 Å². The molecule has 37 heavy (non-hydrogen) atoms. The Balaban J connectivity index is 1.43. The lowest BCUT2D eigenvalue weighted by molar-refractivity contribution is -0.385. The van der Waals surface area contributed by atoms with Crippen LogP contribution >= 0.6 is 0 Å². The minimum Gasteiger partial charge on any atom is -0.502 e. The van der Waals surface area contributed by atoms with Gasteiger partial charge in [0.25, 0.3) is 11.8 Å². The van der Waals surface area contributed by atoms with Crippen molar-refractivity contribution in [1.82, 2.24) is 19.8 Å². The predicted octanol–water partition coefficient (Wildman–Crippen LogP) is 1.65. The highest BCUT2D eigenvalue weighted by molar-refractivity contribution is 6.22. The zero-order chi connectivity index (χ0) is 26.1. The van der Waals surface area contributed by atoms with Gasteiger partial charge in [-0.25, -0.2) is 9.97 Å². The van der Waals surface area contributed by atoms with Gasteiger partial charge in [-0.2, -0.15) is 0 Å². The number of aromatic nitrogens is 2. The van der Waals surface area contributed by atoms with Crippen molar-refractivity contribution in [3.63, 3.8) is 0 Å². The summed E-state index contributed by atoms with van der Waals surface area (Å²) in [5.74, 6) is -1.61. The van der Waals surface area contributed by atoms with Gasteiger partial charge >= 0.3 is 5.69 Å². The molecule has 5 rings (SSSR count). The van der Waals surface area contributed by atoms with E-state index in [1.165, 1.54) is 18.2 Å². The third-order valence-electron chi connectivity index (χ3n) is 6.51. The molecule has 3 heterocycles. The highest BCUT2D eigenvalue weighted by Gasteiger charge is 2.44. The normalized spacial score (nSPS) is 16.1. The summed E-state index contributed by atoms with van der Waals surface area (Å²) < 4.78 is 0. The number of phenols is 1. The van der Waals surface area contributed by atoms with Crippen molar-refractivity contribution in [2.75, 3.05) is 31.1 Å². The molecule has 1 aromatic heterocycles. The first-order valence-corrected chi connectivity index (χ1v) is 11.6. The zero-order valence-corrected chi connectivity index (χ0v) is 19.6. The van der Waals surface area contributed by atoms with Crippen LogP contribution in [0.3, 0.4) is 0 Å². The predicted molar refractivity (Wildman–Crippen MR) is 130 cm³/mol. The number of fused-ring (bicyclic) bond motifs is 1. The van der Waals surface area contributed by atoms with Crippen molar-refractivity contribution >= 4 is 29.4 Å². The fourth-order valence-corrected chi connectivity index (χ4v) is 4.64. The largest absolute Gasteiger partial charge is 0.502 e. The fourth-order valence-electron chi connectivity index (χ4n) is 4.64. The lowest BCUT2D eigenvalue weighted by Crippen LogP contribution is -2.57. The van der Waals surface area contributed by atoms with Gasteiger partial charge in [-0.3, -0.25) is 29.4 Å². The van der Waals surface area contributed by atoms with Crippen LogP contribution in [0.25, 0.3) is 0 Å². The number of phenolic OH excluding ortho intramolecular Hbond substituents is 1. The van der Waals surface area contributed by atoms with E-state index in [1.54, 1.807) is 35.5 Å². The summed E-state index contributed by atoms with van der Waals surface area (Å²) in [5, 5.41) is 21.2. The molecule has 0 saturated carbocycles. The van der Waals surface area contributed by atoms with Gasteiger partial charge in [-0.1, -0.05) is 18.2 Å². The molecule has 0 aliphatic carbocycles. The van der Waals surface area contributed by atoms with Crippen LogP contribution in [0, 0.1) is 10.1 Å². The van der Waals surface area contributed by atoms with E-state index in [4.69, 9.17) is 0 Å². The standard InChI is InChI=1S/C25H22N6O6/c32-21-7-6-16(14-19(21)31(36)37)15-20(30-22(33)17-4-1-2-5-18(17)23(30)34)24(35)28-10-12-29(13-11-28)25-26-8-3-9-27-25/h1-9,14,20,32H,10-13,15H2/t20-/m1/s1. The lowest BCUT2D eigenvalue weighted by Gasteiger charge is -2.37. The van der Waals surface area contributed by atoms with Crippen molar-refractivity contribution < 1.29 is 24.4 Å². The van der Waals surface area contributed by atoms with Crippen LogP contribution in [0.15, 0.2) is 60.9 Å². The smallest absolute Gasteiger partial charge is 0.310 e. The first kappa shape index (κ1) is 23.9. The maximum atomic E-state index is 13.8. The maximum absolute atomic E-state index is 13.8. The highest BCUT2D eigenvalue weighted by Crippen LogP contribution is 2.30. The van der Waals surface area contributed by atoms with Crippen molar-refractivity contribution in [2.45, 2.75) is 12.5 Å². The number of amides is 3. The number of imide groups is 1. The van der Waals surface area contributed by atoms with Gasteiger partial charge in [0.15, 0.2) is 5.75 Å². The molecule has 1 fully saturated rings. The van der Waals surface area contributed by atoms with E-state index in [9.17, 15) is 29.6 Å². The number of aromatic hydroxyl groups is 1. The number of anilines is 1. The number of rotatable bonds is 6. The number of nitro benzene ring substituents is 1. The van der Waals surface area contributed by atoms with Gasteiger partial charge < -0.3 is 14.9 Å². The molecule has 1 saturated heterocycles. The number of benzene rings is 2. The highest BCUT2D eigenvalue weighted by atomic mass is 16.6. The molecule has 1 atom stereocenters. The first-order chi connectivity index (χ1) is 17.8. The number of carbonyl (C=O) groups is 3. The van der Waals surface area contributed by atoms with Crippen LogP contribution in [-0.4, -0.2) is 79.7 Å². The molecule has 12 nitrogen and oxygen atoms in total. The molecular formula is C25H22N6O6. The summed E-state index contributed by atoms with van der Waals surface area (Å²) in [7, 11) is 0. The Kier molecular flexibility index (Phi) is 6.22. The van der Waals surface area contributed by atoms with E-state index >= 15 is 0 Å². The minimum atomic E-state index is -1.23. The van der Waals surface area contributed by atoms with Crippen LogP contribution in [0.4, 0.5) is 11.6 Å². The lowest BCUT2D eigenvalue weighted by atomic mass is 10.0. The number of hydrogen-bond donors (Lipinski definition) is 1. The Morgan fingerprint density at radius 1 is 0.973 bits per heavy atom. The van der Waals surface area contributed by atoms with Crippen molar-refractivity contribution in [2.24, 2.45) is 0 Å². The van der Waals surface area contributed by atoms with Gasteiger partial charge in [-0.15, -0.1) is 0 Å². The molecule has 3 amide bonds. The molecule has 188 valence electrons. The fraction of sp³-hybridized carbons (Fsp3) is 0.240. The average Bonchev–Trinajstić information content (AvgIpc) is 3.18. The number of piperazine rings is 1. The number of hydrogen-bond acceptors (Lipinski definition) is 9. The van der Waals surface area contributed by atoms with Gasteiger partial charge in [0.1, 0.15) is 6.04 Å². The molecule has 0 bridgehead atoms. The second-order valence-electron chi connectivity index (χ2n) is 8.69. The van der Waals surface area contributed by atoms with E-state index in [2.05, 4.69) is 9.97 Å². The molecule has 3 aromatic rings. The third kappa shape index (κ3) is 4.44. The monoisotopic (exact) mass is 502 g/mol. The number of nitrogens with zero attached hydrogens (tertiary/aromatic N) is 6. The Bertz CT molecular complexity index is 1350. The van der Waals surface area contributed by atoms with E-state index in [0.29, 0.717) is 37.7 Å². The van der Waals surface area contributed by atoms with Gasteiger partial charge in [0.2, 0.25) is 11.9 Å². The maximum Gasteiger partial charge on any atom is 0.310 e. The molecule has 0 spiro atoms. The van der Waals surface area contributed by atoms with Crippen LogP contribution in [-0.2, 0) is 11.2 Å². The second kappa shape index (κ2) is 9.64. The van der Waals surface area contributed by atoms with E-state index in [-0.39, 0.29) is 17.5 Å². The summed E-state index contributed by atoms with van der Waals surface area (Å²) >= 11 is 0. The van der Waals surface area contributed by atoms with Crippen LogP contribution in [0.5, 0.6) is 5.75 Å². The molecule has 12 heteroatoms. The van der Waals surface area contributed by atoms with Crippen molar-refractivity contribution in [1.29, 1.82) is 0 Å². The number of nitro groups is 1. The zero-order valence-electron chi connectivity index (χ0n) is 19.6. The van der Waals surface area contributed by atoms with Crippen molar-refractivity contribution in [3.8, 4) is 5.75 Å². The molecule has 0 unspecified atom stereocenters. The minimum absolute atomic E-state index is 0.145. The quantitative estimate of drug-likeness (QED) is 0.301. The first-order valence-electron chi connectivity index (χ1n) is 11.6. The van der Waals surface area contributed by atoms with E-state index < -0.39 is 40.1 Å². The van der Waals surface area contributed by atoms with E-state index in [1.807, 2.05) is 4.90 Å². The Labute approximate surface area is 210 Å². The average molecular weight is 502 g/mol. The molecule has 0 radical (unpaired) electrons. The third-order valence-corrected chi connectivity index (χ3v) is 6.51. The van der Waals surface area contributed by atoms with Crippen LogP contribution in [0.2, 0.25) is 0 Å². The molecule has 2 aliphatic rings. The molecule has 1 N–H and O–H groups in total. The van der Waals surface area contributed by atoms with Gasteiger partial charge in [0, 0.05) is 51.1 Å². The Morgan fingerprint density at radius 3 is 2.19 bits per heavy atom. The summed E-state index contributed by atoms with van der Waals surface area (Å²) in [6.07, 6.45) is 3.12. The SMILES string of the molecule is O=C([C@@H](Cc1ccc(O)c([N+](=O)[O-])c1)N1C(=O)c2ccccc2C1=O)N1CCN(c2ncccn2)CC1. The van der Waals surface area contributed by atoms with Crippen molar-refractivity contribution in [3.05, 3.63) is 87.7 Å². The Morgan fingerprint density at radius 2 is 1.59 bits per heavy atom. The molecule has 2 aromatic carbocycles. The second-order valence-corrected chi connectivity index (χ2v) is 8.69. The Hall–Kier alpha value is -4.87. The summed E-state index contributed by atoms with van der Waals surface area (Å²) in [4.78, 5) is 63.8. The van der Waals surface area contributed by atoms with Gasteiger partial charge in [0.05, 0.1) is 16.1 Å². The summed E-state index contributed by atoms with van der Waals surface area (Å²) in [5.41, 5.74) is 0.208. The van der Waals surface area contributed by atoms with Crippen LogP contribution in [0.1, 0.15) is 26.3 Å². The summed E-state index contributed by atoms with van der Waals surface area (Å²) in [6.45, 7) is 1.53.